The Labute approximate surface area is 103 Å². The first-order valence-electron chi connectivity index (χ1n) is 5.98. The van der Waals surface area contributed by atoms with E-state index < -0.39 is 0 Å². The van der Waals surface area contributed by atoms with Crippen LogP contribution in [-0.2, 0) is 0 Å². The molecule has 2 aromatic rings. The van der Waals surface area contributed by atoms with E-state index in [4.69, 9.17) is 0 Å². The molecular formula is C17H18. The van der Waals surface area contributed by atoms with Crippen molar-refractivity contribution in [2.24, 2.45) is 0 Å². The van der Waals surface area contributed by atoms with Gasteiger partial charge in [-0.25, -0.2) is 0 Å². The van der Waals surface area contributed by atoms with Crippen LogP contribution < -0.4 is 10.4 Å². The minimum absolute atomic E-state index is 1.29. The zero-order valence-corrected chi connectivity index (χ0v) is 10.7. The van der Waals surface area contributed by atoms with Crippen molar-refractivity contribution in [2.45, 2.75) is 20.8 Å². The molecule has 0 aliphatic rings. The summed E-state index contributed by atoms with van der Waals surface area (Å²) in [4.78, 5) is 0. The average molecular weight is 222 g/mol. The molecule has 17 heavy (non-hydrogen) atoms. The highest BCUT2D eigenvalue weighted by molar-refractivity contribution is 5.55. The summed E-state index contributed by atoms with van der Waals surface area (Å²) in [6, 6.07) is 17.0. The van der Waals surface area contributed by atoms with Gasteiger partial charge in [-0.1, -0.05) is 54.1 Å². The first-order valence-corrected chi connectivity index (χ1v) is 5.98. The highest BCUT2D eigenvalue weighted by Gasteiger charge is 1.93. The van der Waals surface area contributed by atoms with Crippen LogP contribution in [0, 0.1) is 6.92 Å². The molecule has 0 N–H and O–H groups in total. The topological polar surface area (TPSA) is 0 Å². The molecule has 0 saturated carbocycles. The molecular weight excluding hydrogens is 204 g/mol. The van der Waals surface area contributed by atoms with Crippen LogP contribution in [0.1, 0.15) is 25.0 Å². The Hall–Kier alpha value is -1.82. The highest BCUT2D eigenvalue weighted by atomic mass is 14.0. The Balaban J connectivity index is 2.72. The predicted molar refractivity (Wildman–Crippen MR) is 75.2 cm³/mol. The smallest absolute Gasteiger partial charge is 0.0179 e. The van der Waals surface area contributed by atoms with E-state index in [1.807, 2.05) is 0 Å². The van der Waals surface area contributed by atoms with Crippen LogP contribution in [0.15, 0.2) is 48.5 Å². The summed E-state index contributed by atoms with van der Waals surface area (Å²) in [5, 5.41) is 2.62. The Morgan fingerprint density at radius 3 is 2.24 bits per heavy atom. The van der Waals surface area contributed by atoms with Crippen molar-refractivity contribution in [1.29, 1.82) is 0 Å². The van der Waals surface area contributed by atoms with E-state index in [1.54, 1.807) is 0 Å². The van der Waals surface area contributed by atoms with Gasteiger partial charge in [-0.2, -0.15) is 0 Å². The van der Waals surface area contributed by atoms with E-state index in [1.165, 1.54) is 27.1 Å². The molecule has 0 radical (unpaired) electrons. The second-order valence-corrected chi connectivity index (χ2v) is 4.59. The maximum absolute atomic E-state index is 2.26. The van der Waals surface area contributed by atoms with Gasteiger partial charge in [-0.05, 0) is 48.4 Å². The lowest BCUT2D eigenvalue weighted by Crippen LogP contribution is -2.25. The van der Waals surface area contributed by atoms with Crippen LogP contribution >= 0.6 is 0 Å². The minimum atomic E-state index is 1.29. The van der Waals surface area contributed by atoms with Gasteiger partial charge in [0.15, 0.2) is 0 Å². The zero-order chi connectivity index (χ0) is 12.3. The van der Waals surface area contributed by atoms with E-state index >= 15 is 0 Å². The number of hydrogen-bond acceptors (Lipinski definition) is 0. The van der Waals surface area contributed by atoms with E-state index in [2.05, 4.69) is 75.4 Å². The van der Waals surface area contributed by atoms with Gasteiger partial charge in [0, 0.05) is 0 Å². The summed E-state index contributed by atoms with van der Waals surface area (Å²) in [7, 11) is 0. The van der Waals surface area contributed by atoms with Crippen molar-refractivity contribution >= 4 is 11.6 Å². The minimum Gasteiger partial charge on any atom is -0.0686 e. The third kappa shape index (κ3) is 2.65. The van der Waals surface area contributed by atoms with Gasteiger partial charge in [0.25, 0.3) is 0 Å². The van der Waals surface area contributed by atoms with Crippen LogP contribution in [0.3, 0.4) is 0 Å². The fourth-order valence-corrected chi connectivity index (χ4v) is 1.99. The number of aryl methyl sites for hydroxylation is 1. The van der Waals surface area contributed by atoms with Crippen LogP contribution in [0.4, 0.5) is 0 Å². The summed E-state index contributed by atoms with van der Waals surface area (Å²) >= 11 is 0. The summed E-state index contributed by atoms with van der Waals surface area (Å²) in [6.45, 7) is 6.46. The van der Waals surface area contributed by atoms with E-state index in [-0.39, 0.29) is 0 Å². The Morgan fingerprint density at radius 1 is 0.882 bits per heavy atom. The van der Waals surface area contributed by atoms with Gasteiger partial charge < -0.3 is 0 Å². The molecule has 2 aromatic carbocycles. The molecule has 0 aromatic heterocycles. The summed E-state index contributed by atoms with van der Waals surface area (Å²) in [5.74, 6) is 0. The summed E-state index contributed by atoms with van der Waals surface area (Å²) in [5.41, 5.74) is 3.96. The quantitative estimate of drug-likeness (QED) is 0.696. The largest absolute Gasteiger partial charge is 0.0686 e. The molecule has 0 heteroatoms. The van der Waals surface area contributed by atoms with Crippen molar-refractivity contribution in [3.8, 4) is 0 Å². The molecule has 86 valence electrons. The van der Waals surface area contributed by atoms with Crippen LogP contribution in [0.2, 0.25) is 0 Å². The number of hydrogen-bond donors (Lipinski definition) is 0. The second kappa shape index (κ2) is 5.01. The molecule has 0 unspecified atom stereocenters. The third-order valence-electron chi connectivity index (χ3n) is 3.00. The maximum Gasteiger partial charge on any atom is -0.0179 e. The Bertz CT molecular complexity index is 629. The van der Waals surface area contributed by atoms with Gasteiger partial charge in [-0.3, -0.25) is 0 Å². The third-order valence-corrected chi connectivity index (χ3v) is 3.00. The van der Waals surface area contributed by atoms with Gasteiger partial charge in [0.1, 0.15) is 0 Å². The monoisotopic (exact) mass is 222 g/mol. The van der Waals surface area contributed by atoms with Crippen molar-refractivity contribution in [1.82, 2.24) is 0 Å². The molecule has 0 nitrogen and oxygen atoms in total. The van der Waals surface area contributed by atoms with E-state index in [9.17, 15) is 0 Å². The van der Waals surface area contributed by atoms with Gasteiger partial charge in [0.2, 0.25) is 0 Å². The molecule has 0 amide bonds. The molecule has 0 fully saturated rings. The Kier molecular flexibility index (Phi) is 3.43. The molecule has 0 spiro atoms. The molecule has 0 heterocycles. The molecule has 0 atom stereocenters. The van der Waals surface area contributed by atoms with Gasteiger partial charge in [0.05, 0.1) is 0 Å². The molecule has 0 aliphatic carbocycles. The highest BCUT2D eigenvalue weighted by Crippen LogP contribution is 2.06. The predicted octanol–water partition coefficient (Wildman–Crippen LogP) is 3.01. The maximum atomic E-state index is 2.26. The Morgan fingerprint density at radius 2 is 1.53 bits per heavy atom. The zero-order valence-electron chi connectivity index (χ0n) is 10.7. The second-order valence-electron chi connectivity index (χ2n) is 4.59. The van der Waals surface area contributed by atoms with Gasteiger partial charge >= 0.3 is 0 Å². The first kappa shape index (κ1) is 11.7. The van der Waals surface area contributed by atoms with Crippen molar-refractivity contribution < 1.29 is 0 Å². The van der Waals surface area contributed by atoms with Crippen LogP contribution in [-0.4, -0.2) is 0 Å². The molecule has 2 rings (SSSR count). The lowest BCUT2D eigenvalue weighted by Gasteiger charge is -1.99. The molecule has 0 bridgehead atoms. The number of benzene rings is 2. The van der Waals surface area contributed by atoms with E-state index in [0.717, 1.165) is 0 Å². The van der Waals surface area contributed by atoms with Crippen LogP contribution in [0.25, 0.3) is 11.6 Å². The lowest BCUT2D eigenvalue weighted by molar-refractivity contribution is 1.40. The SMILES string of the molecule is CC(C)=c1cccc/c1=C/c1ccccc1C. The van der Waals surface area contributed by atoms with Crippen molar-refractivity contribution in [2.75, 3.05) is 0 Å². The fourth-order valence-electron chi connectivity index (χ4n) is 1.99. The van der Waals surface area contributed by atoms with E-state index in [0.29, 0.717) is 0 Å². The summed E-state index contributed by atoms with van der Waals surface area (Å²) < 4.78 is 0. The average Bonchev–Trinajstić information content (AvgIpc) is 2.32. The summed E-state index contributed by atoms with van der Waals surface area (Å²) in [6.07, 6.45) is 2.26. The van der Waals surface area contributed by atoms with Gasteiger partial charge in [-0.15, -0.1) is 0 Å². The first-order chi connectivity index (χ1) is 8.18. The van der Waals surface area contributed by atoms with Crippen molar-refractivity contribution in [3.05, 3.63) is 70.1 Å². The molecule has 0 saturated heterocycles. The molecule has 0 aliphatic heterocycles. The standard InChI is InChI=1S/C17H18/c1-13(2)17-11-7-6-10-16(17)12-15-9-5-4-8-14(15)3/h4-12H,1-3H3/b16-12-. The number of rotatable bonds is 1. The fraction of sp³-hybridized carbons (Fsp3) is 0.176. The van der Waals surface area contributed by atoms with Crippen molar-refractivity contribution in [3.63, 3.8) is 0 Å². The normalized spacial score (nSPS) is 11.6. The van der Waals surface area contributed by atoms with Crippen LogP contribution in [0.5, 0.6) is 0 Å². The lowest BCUT2D eigenvalue weighted by atomic mass is 10.1.